The molecule has 0 spiro atoms. The topological polar surface area (TPSA) is 35.0 Å². The summed E-state index contributed by atoms with van der Waals surface area (Å²) in [6.45, 7) is 4.01. The molecule has 0 radical (unpaired) electrons. The van der Waals surface area contributed by atoms with Crippen LogP contribution in [-0.4, -0.2) is 9.97 Å². The van der Waals surface area contributed by atoms with Crippen molar-refractivity contribution in [3.05, 3.63) is 46.4 Å². The van der Waals surface area contributed by atoms with E-state index in [9.17, 15) is 0 Å². The van der Waals surface area contributed by atoms with Crippen molar-refractivity contribution in [2.45, 2.75) is 19.7 Å². The van der Waals surface area contributed by atoms with Gasteiger partial charge in [0.2, 0.25) is 5.88 Å². The molecule has 0 N–H and O–H groups in total. The van der Waals surface area contributed by atoms with Crippen LogP contribution in [0.3, 0.4) is 0 Å². The van der Waals surface area contributed by atoms with Gasteiger partial charge in [0.1, 0.15) is 17.2 Å². The molecule has 0 bridgehead atoms. The van der Waals surface area contributed by atoms with E-state index < -0.39 is 0 Å². The monoisotopic (exact) mass is 282 g/mol. The molecular weight excluding hydrogens is 271 g/mol. The molecule has 0 saturated heterocycles. The zero-order valence-corrected chi connectivity index (χ0v) is 11.6. The molecule has 0 unspecified atom stereocenters. The summed E-state index contributed by atoms with van der Waals surface area (Å²) in [7, 11) is 0. The lowest BCUT2D eigenvalue weighted by molar-refractivity contribution is 0.453. The molecule has 3 nitrogen and oxygen atoms in total. The number of hydrogen-bond acceptors (Lipinski definition) is 3. The lowest BCUT2D eigenvalue weighted by Crippen LogP contribution is -1.97. The molecule has 0 saturated carbocycles. The van der Waals surface area contributed by atoms with Crippen molar-refractivity contribution in [2.75, 3.05) is 0 Å². The molecule has 18 heavy (non-hydrogen) atoms. The van der Waals surface area contributed by atoms with Gasteiger partial charge in [0.15, 0.2) is 0 Å². The van der Waals surface area contributed by atoms with Crippen LogP contribution in [0, 0.1) is 13.8 Å². The van der Waals surface area contributed by atoms with Gasteiger partial charge >= 0.3 is 0 Å². The van der Waals surface area contributed by atoms with E-state index >= 15 is 0 Å². The Morgan fingerprint density at radius 2 is 2.00 bits per heavy atom. The fourth-order valence-corrected chi connectivity index (χ4v) is 2.09. The Labute approximate surface area is 116 Å². The molecule has 1 aromatic carbocycles. The first kappa shape index (κ1) is 13.1. The first-order chi connectivity index (χ1) is 8.61. The van der Waals surface area contributed by atoms with Crippen LogP contribution in [0.1, 0.15) is 16.7 Å². The Hall–Kier alpha value is -1.32. The van der Waals surface area contributed by atoms with Gasteiger partial charge in [-0.05, 0) is 25.5 Å². The van der Waals surface area contributed by atoms with Crippen LogP contribution >= 0.6 is 23.2 Å². The number of aryl methyl sites for hydroxylation is 2. The van der Waals surface area contributed by atoms with E-state index in [1.165, 1.54) is 11.9 Å². The van der Waals surface area contributed by atoms with Crippen LogP contribution in [0.2, 0.25) is 5.15 Å². The summed E-state index contributed by atoms with van der Waals surface area (Å²) in [5, 5.41) is 0.319. The Morgan fingerprint density at radius 1 is 1.22 bits per heavy atom. The molecule has 0 aliphatic rings. The first-order valence-electron chi connectivity index (χ1n) is 5.42. The molecule has 5 heteroatoms. The van der Waals surface area contributed by atoms with Crippen LogP contribution in [-0.2, 0) is 5.88 Å². The molecule has 94 valence electrons. The van der Waals surface area contributed by atoms with Gasteiger partial charge < -0.3 is 4.74 Å². The van der Waals surface area contributed by atoms with E-state index in [4.69, 9.17) is 27.9 Å². The summed E-state index contributed by atoms with van der Waals surface area (Å²) in [6, 6.07) is 5.92. The quantitative estimate of drug-likeness (QED) is 0.623. The van der Waals surface area contributed by atoms with E-state index in [0.717, 1.165) is 11.3 Å². The van der Waals surface area contributed by atoms with Crippen molar-refractivity contribution in [3.8, 4) is 11.6 Å². The van der Waals surface area contributed by atoms with Crippen LogP contribution in [0.5, 0.6) is 11.6 Å². The minimum absolute atomic E-state index is 0.208. The highest BCUT2D eigenvalue weighted by molar-refractivity contribution is 6.31. The van der Waals surface area contributed by atoms with Crippen molar-refractivity contribution >= 4 is 23.2 Å². The molecule has 0 fully saturated rings. The number of benzene rings is 1. The molecule has 0 aliphatic heterocycles. The summed E-state index contributed by atoms with van der Waals surface area (Å²) < 4.78 is 5.75. The second kappa shape index (κ2) is 5.55. The van der Waals surface area contributed by atoms with Gasteiger partial charge in [-0.1, -0.05) is 29.3 Å². The predicted molar refractivity (Wildman–Crippen MR) is 72.6 cm³/mol. The average Bonchev–Trinajstić information content (AvgIpc) is 2.33. The molecule has 2 rings (SSSR count). The molecule has 0 amide bonds. The van der Waals surface area contributed by atoms with E-state index in [0.29, 0.717) is 16.6 Å². The average molecular weight is 283 g/mol. The van der Waals surface area contributed by atoms with Crippen LogP contribution in [0.15, 0.2) is 24.5 Å². The Balaban J connectivity index is 2.37. The third-order valence-electron chi connectivity index (χ3n) is 2.52. The predicted octanol–water partition coefficient (Wildman–Crippen LogP) is 4.28. The highest BCUT2D eigenvalue weighted by Gasteiger charge is 2.12. The van der Waals surface area contributed by atoms with Gasteiger partial charge in [-0.25, -0.2) is 9.97 Å². The van der Waals surface area contributed by atoms with Crippen LogP contribution in [0.25, 0.3) is 0 Å². The van der Waals surface area contributed by atoms with Crippen molar-refractivity contribution < 1.29 is 4.74 Å². The fourth-order valence-electron chi connectivity index (χ4n) is 1.59. The normalized spacial score (nSPS) is 10.4. The fraction of sp³-hybridized carbons (Fsp3) is 0.231. The largest absolute Gasteiger partial charge is 0.438 e. The van der Waals surface area contributed by atoms with Gasteiger partial charge in [0, 0.05) is 0 Å². The molecule has 2 aromatic rings. The number of aromatic nitrogens is 2. The summed E-state index contributed by atoms with van der Waals surface area (Å²) in [5.41, 5.74) is 2.81. The van der Waals surface area contributed by atoms with E-state index in [2.05, 4.69) is 9.97 Å². The third kappa shape index (κ3) is 2.74. The number of nitrogens with zero attached hydrogens (tertiary/aromatic N) is 2. The Bertz CT molecular complexity index is 573. The van der Waals surface area contributed by atoms with Crippen molar-refractivity contribution in [3.63, 3.8) is 0 Å². The minimum atomic E-state index is 0.208. The summed E-state index contributed by atoms with van der Waals surface area (Å²) >= 11 is 11.8. The zero-order valence-electron chi connectivity index (χ0n) is 10.1. The maximum atomic E-state index is 5.95. The van der Waals surface area contributed by atoms with Crippen LogP contribution < -0.4 is 4.74 Å². The van der Waals surface area contributed by atoms with E-state index in [-0.39, 0.29) is 5.88 Å². The number of rotatable bonds is 3. The second-order valence-corrected chi connectivity index (χ2v) is 4.58. The van der Waals surface area contributed by atoms with Gasteiger partial charge in [0.05, 0.1) is 11.4 Å². The summed E-state index contributed by atoms with van der Waals surface area (Å²) in [5.74, 6) is 1.35. The van der Waals surface area contributed by atoms with Crippen molar-refractivity contribution in [2.24, 2.45) is 0 Å². The highest BCUT2D eigenvalue weighted by atomic mass is 35.5. The molecular formula is C13H12Cl2N2O. The van der Waals surface area contributed by atoms with E-state index in [1.54, 1.807) is 0 Å². The van der Waals surface area contributed by atoms with E-state index in [1.807, 2.05) is 32.0 Å². The molecule has 1 aromatic heterocycles. The minimum Gasteiger partial charge on any atom is -0.438 e. The highest BCUT2D eigenvalue weighted by Crippen LogP contribution is 2.30. The second-order valence-electron chi connectivity index (χ2n) is 3.95. The third-order valence-corrected chi connectivity index (χ3v) is 3.12. The lowest BCUT2D eigenvalue weighted by Gasteiger charge is -2.11. The molecule has 0 atom stereocenters. The Kier molecular flexibility index (Phi) is 4.04. The molecule has 1 heterocycles. The summed E-state index contributed by atoms with van der Waals surface area (Å²) in [4.78, 5) is 7.95. The maximum Gasteiger partial charge on any atom is 0.228 e. The summed E-state index contributed by atoms with van der Waals surface area (Å²) in [6.07, 6.45) is 1.36. The number of hydrogen-bond donors (Lipinski definition) is 0. The standard InChI is InChI=1S/C13H12Cl2N2O/c1-8-3-4-11(9(2)5-8)18-13-10(6-14)12(15)16-7-17-13/h3-5,7H,6H2,1-2H3. The van der Waals surface area contributed by atoms with Gasteiger partial charge in [0.25, 0.3) is 0 Å². The van der Waals surface area contributed by atoms with Gasteiger partial charge in [-0.2, -0.15) is 0 Å². The van der Waals surface area contributed by atoms with Crippen LogP contribution in [0.4, 0.5) is 0 Å². The SMILES string of the molecule is Cc1ccc(Oc2ncnc(Cl)c2CCl)c(C)c1. The van der Waals surface area contributed by atoms with Crippen molar-refractivity contribution in [1.82, 2.24) is 9.97 Å². The number of halogens is 2. The Morgan fingerprint density at radius 3 is 2.67 bits per heavy atom. The number of ether oxygens (including phenoxy) is 1. The smallest absolute Gasteiger partial charge is 0.228 e. The van der Waals surface area contributed by atoms with Gasteiger partial charge in [-0.3, -0.25) is 0 Å². The van der Waals surface area contributed by atoms with Gasteiger partial charge in [-0.15, -0.1) is 11.6 Å². The van der Waals surface area contributed by atoms with Crippen molar-refractivity contribution in [1.29, 1.82) is 0 Å². The lowest BCUT2D eigenvalue weighted by atomic mass is 10.1. The maximum absolute atomic E-state index is 5.95. The molecule has 0 aliphatic carbocycles. The zero-order chi connectivity index (χ0) is 13.1. The number of alkyl halides is 1. The first-order valence-corrected chi connectivity index (χ1v) is 6.33.